The summed E-state index contributed by atoms with van der Waals surface area (Å²) >= 11 is 3.35. The van der Waals surface area contributed by atoms with Gasteiger partial charge in [0.05, 0.1) is 6.61 Å². The summed E-state index contributed by atoms with van der Waals surface area (Å²) in [5, 5.41) is 0. The summed E-state index contributed by atoms with van der Waals surface area (Å²) in [6, 6.07) is 17.9. The molecule has 168 valence electrons. The summed E-state index contributed by atoms with van der Waals surface area (Å²) in [5.41, 5.74) is 1.20. The molecule has 3 aromatic carbocycles. The van der Waals surface area contributed by atoms with E-state index in [2.05, 4.69) is 15.9 Å². The van der Waals surface area contributed by atoms with Crippen molar-refractivity contribution in [1.82, 2.24) is 4.90 Å². The van der Waals surface area contributed by atoms with Gasteiger partial charge in [-0.1, -0.05) is 28.1 Å². The number of amides is 1. The summed E-state index contributed by atoms with van der Waals surface area (Å²) in [5.74, 6) is -0.632. The molecule has 0 aliphatic carbocycles. The van der Waals surface area contributed by atoms with Crippen LogP contribution >= 0.6 is 15.9 Å². The minimum Gasteiger partial charge on any atom is -0.383 e. The Kier molecular flexibility index (Phi) is 8.00. The van der Waals surface area contributed by atoms with E-state index in [0.29, 0.717) is 24.3 Å². The lowest BCUT2D eigenvalue weighted by Gasteiger charge is -2.23. The Bertz CT molecular complexity index is 1170. The van der Waals surface area contributed by atoms with Crippen LogP contribution in [-0.2, 0) is 21.4 Å². The Hall–Kier alpha value is -2.75. The van der Waals surface area contributed by atoms with Gasteiger partial charge >= 0.3 is 10.1 Å². The Balaban J connectivity index is 1.79. The first-order valence-electron chi connectivity index (χ1n) is 9.61. The Morgan fingerprint density at radius 2 is 1.72 bits per heavy atom. The molecule has 32 heavy (non-hydrogen) atoms. The molecule has 0 unspecified atom stereocenters. The molecule has 0 aromatic heterocycles. The van der Waals surface area contributed by atoms with Gasteiger partial charge in [0.15, 0.2) is 0 Å². The van der Waals surface area contributed by atoms with Crippen LogP contribution in [0.2, 0.25) is 0 Å². The minimum atomic E-state index is -4.12. The lowest BCUT2D eigenvalue weighted by Crippen LogP contribution is -2.33. The molecule has 0 fully saturated rings. The summed E-state index contributed by atoms with van der Waals surface area (Å²) in [6.07, 6.45) is 0. The fourth-order valence-electron chi connectivity index (χ4n) is 2.92. The van der Waals surface area contributed by atoms with E-state index in [-0.39, 0.29) is 23.1 Å². The Morgan fingerprint density at radius 3 is 2.38 bits per heavy atom. The highest BCUT2D eigenvalue weighted by molar-refractivity contribution is 9.10. The molecule has 0 aliphatic heterocycles. The van der Waals surface area contributed by atoms with Crippen molar-refractivity contribution in [2.24, 2.45) is 0 Å². The van der Waals surface area contributed by atoms with Crippen LogP contribution in [0.4, 0.5) is 4.39 Å². The normalized spacial score (nSPS) is 11.2. The number of nitrogens with zero attached hydrogens (tertiary/aromatic N) is 1. The van der Waals surface area contributed by atoms with E-state index in [1.165, 1.54) is 6.07 Å². The second kappa shape index (κ2) is 10.7. The molecule has 3 aromatic rings. The third-order valence-electron chi connectivity index (χ3n) is 4.52. The van der Waals surface area contributed by atoms with E-state index in [1.807, 2.05) is 0 Å². The van der Waals surface area contributed by atoms with Crippen LogP contribution < -0.4 is 4.18 Å². The van der Waals surface area contributed by atoms with E-state index >= 15 is 0 Å². The zero-order valence-electron chi connectivity index (χ0n) is 17.2. The molecular weight excluding hydrogens is 501 g/mol. The zero-order valence-corrected chi connectivity index (χ0v) is 19.6. The molecule has 0 N–H and O–H groups in total. The van der Waals surface area contributed by atoms with E-state index in [1.54, 1.807) is 54.5 Å². The van der Waals surface area contributed by atoms with Crippen molar-refractivity contribution in [3.05, 3.63) is 94.2 Å². The van der Waals surface area contributed by atoms with Crippen molar-refractivity contribution in [3.8, 4) is 5.75 Å². The van der Waals surface area contributed by atoms with Crippen molar-refractivity contribution in [3.63, 3.8) is 0 Å². The molecule has 3 rings (SSSR count). The molecule has 1 amide bonds. The number of hydrogen-bond acceptors (Lipinski definition) is 5. The zero-order chi connectivity index (χ0) is 23.1. The predicted octanol–water partition coefficient (Wildman–Crippen LogP) is 4.64. The number of benzene rings is 3. The number of methoxy groups -OCH3 is 1. The molecule has 6 nitrogen and oxygen atoms in total. The standard InChI is InChI=1S/C23H21BrFNO5S/c1-30-14-13-26(23(27)18-5-7-19(24)8-6-18)16-17-3-2-4-21(15-17)31-32(28,29)22-11-9-20(25)10-12-22/h2-12,15H,13-14,16H2,1H3. The van der Waals surface area contributed by atoms with Crippen LogP contribution in [0.3, 0.4) is 0 Å². The fourth-order valence-corrected chi connectivity index (χ4v) is 4.11. The first-order valence-corrected chi connectivity index (χ1v) is 11.8. The maximum atomic E-state index is 13.1. The van der Waals surface area contributed by atoms with Crippen LogP contribution in [0.15, 0.2) is 82.2 Å². The van der Waals surface area contributed by atoms with Gasteiger partial charge in [-0.15, -0.1) is 0 Å². The first kappa shape index (κ1) is 23.9. The molecule has 0 spiro atoms. The number of ether oxygens (including phenoxy) is 1. The molecule has 0 saturated heterocycles. The quantitative estimate of drug-likeness (QED) is 0.383. The van der Waals surface area contributed by atoms with Crippen molar-refractivity contribution in [2.75, 3.05) is 20.3 Å². The van der Waals surface area contributed by atoms with Gasteiger partial charge in [0.1, 0.15) is 16.5 Å². The second-order valence-corrected chi connectivity index (χ2v) is 9.33. The highest BCUT2D eigenvalue weighted by atomic mass is 79.9. The monoisotopic (exact) mass is 521 g/mol. The molecule has 0 heterocycles. The van der Waals surface area contributed by atoms with Crippen LogP contribution in [0, 0.1) is 5.82 Å². The number of rotatable bonds is 9. The topological polar surface area (TPSA) is 72.9 Å². The van der Waals surface area contributed by atoms with Crippen molar-refractivity contribution in [1.29, 1.82) is 0 Å². The van der Waals surface area contributed by atoms with Crippen molar-refractivity contribution >= 4 is 32.0 Å². The van der Waals surface area contributed by atoms with E-state index in [4.69, 9.17) is 8.92 Å². The molecular formula is C23H21BrFNO5S. The smallest absolute Gasteiger partial charge is 0.339 e. The fraction of sp³-hybridized carbons (Fsp3) is 0.174. The maximum Gasteiger partial charge on any atom is 0.339 e. The van der Waals surface area contributed by atoms with Gasteiger partial charge in [-0.3, -0.25) is 4.79 Å². The first-order chi connectivity index (χ1) is 15.3. The van der Waals surface area contributed by atoms with Gasteiger partial charge in [-0.25, -0.2) is 4.39 Å². The van der Waals surface area contributed by atoms with E-state index < -0.39 is 15.9 Å². The van der Waals surface area contributed by atoms with Gasteiger partial charge in [-0.2, -0.15) is 8.42 Å². The lowest BCUT2D eigenvalue weighted by atomic mass is 10.1. The van der Waals surface area contributed by atoms with Gasteiger partial charge in [0.2, 0.25) is 0 Å². The molecule has 0 bridgehead atoms. The molecule has 0 atom stereocenters. The Morgan fingerprint density at radius 1 is 1.03 bits per heavy atom. The third-order valence-corrected chi connectivity index (χ3v) is 6.31. The van der Waals surface area contributed by atoms with Crippen LogP contribution in [-0.4, -0.2) is 39.5 Å². The summed E-state index contributed by atoms with van der Waals surface area (Å²) in [7, 11) is -2.57. The van der Waals surface area contributed by atoms with Crippen LogP contribution in [0.25, 0.3) is 0 Å². The maximum absolute atomic E-state index is 13.1. The van der Waals surface area contributed by atoms with Gasteiger partial charge < -0.3 is 13.8 Å². The van der Waals surface area contributed by atoms with Crippen LogP contribution in [0.5, 0.6) is 5.75 Å². The summed E-state index contributed by atoms with van der Waals surface area (Å²) in [6.45, 7) is 0.924. The largest absolute Gasteiger partial charge is 0.383 e. The van der Waals surface area contributed by atoms with Gasteiger partial charge in [-0.05, 0) is 66.2 Å². The number of hydrogen-bond donors (Lipinski definition) is 0. The highest BCUT2D eigenvalue weighted by Gasteiger charge is 2.19. The van der Waals surface area contributed by atoms with Crippen molar-refractivity contribution in [2.45, 2.75) is 11.4 Å². The molecule has 0 aliphatic rings. The Labute approximate surface area is 194 Å². The summed E-state index contributed by atoms with van der Waals surface area (Å²) < 4.78 is 49.3. The number of halogens is 2. The van der Waals surface area contributed by atoms with Gasteiger partial charge in [0, 0.05) is 30.2 Å². The summed E-state index contributed by atoms with van der Waals surface area (Å²) in [4.78, 5) is 14.4. The lowest BCUT2D eigenvalue weighted by molar-refractivity contribution is 0.0680. The SMILES string of the molecule is COCCN(Cc1cccc(OS(=O)(=O)c2ccc(F)cc2)c1)C(=O)c1ccc(Br)cc1. The third kappa shape index (κ3) is 6.38. The van der Waals surface area contributed by atoms with E-state index in [9.17, 15) is 17.6 Å². The number of carbonyl (C=O) groups excluding carboxylic acids is 1. The van der Waals surface area contributed by atoms with Gasteiger partial charge in [0.25, 0.3) is 5.91 Å². The average Bonchev–Trinajstić information content (AvgIpc) is 2.77. The predicted molar refractivity (Wildman–Crippen MR) is 121 cm³/mol. The van der Waals surface area contributed by atoms with Crippen molar-refractivity contribution < 1.29 is 26.5 Å². The second-order valence-electron chi connectivity index (χ2n) is 6.87. The molecule has 0 saturated carbocycles. The average molecular weight is 522 g/mol. The van der Waals surface area contributed by atoms with Crippen LogP contribution in [0.1, 0.15) is 15.9 Å². The van der Waals surface area contributed by atoms with E-state index in [0.717, 1.165) is 28.7 Å². The molecule has 9 heteroatoms. The molecule has 0 radical (unpaired) electrons. The minimum absolute atomic E-state index is 0.0922. The number of carbonyl (C=O) groups is 1. The highest BCUT2D eigenvalue weighted by Crippen LogP contribution is 2.22.